The molecule has 3 N–H and O–H groups in total. The Kier molecular flexibility index (Phi) is 7.06. The van der Waals surface area contributed by atoms with Gasteiger partial charge in [0.05, 0.1) is 22.2 Å². The van der Waals surface area contributed by atoms with Crippen LogP contribution in [0, 0.1) is 17.1 Å². The first-order valence-corrected chi connectivity index (χ1v) is 9.68. The van der Waals surface area contributed by atoms with E-state index in [1.807, 2.05) is 6.07 Å². The van der Waals surface area contributed by atoms with Gasteiger partial charge in [0.2, 0.25) is 0 Å². The van der Waals surface area contributed by atoms with Gasteiger partial charge in [-0.05, 0) is 51.5 Å². The largest absolute Gasteiger partial charge is 0.444 e. The summed E-state index contributed by atoms with van der Waals surface area (Å²) in [6, 6.07) is 8.06. The number of ether oxygens (including phenoxy) is 1. The quantitative estimate of drug-likeness (QED) is 0.503. The van der Waals surface area contributed by atoms with Gasteiger partial charge in [-0.1, -0.05) is 24.6 Å². The SMILES string of the molecule is CC[C@@H](NC(=O)OC(C)(C)C)c1ccc(Cl)c(C(=O)c2ccc(N)c(C#N)c2)c1F. The number of nitrogen functional groups attached to an aromatic ring is 1. The highest BCUT2D eigenvalue weighted by atomic mass is 35.5. The van der Waals surface area contributed by atoms with E-state index in [1.54, 1.807) is 27.7 Å². The lowest BCUT2D eigenvalue weighted by molar-refractivity contribution is 0.0501. The van der Waals surface area contributed by atoms with Crippen molar-refractivity contribution >= 4 is 29.2 Å². The highest BCUT2D eigenvalue weighted by molar-refractivity contribution is 6.35. The summed E-state index contributed by atoms with van der Waals surface area (Å²) in [5, 5.41) is 11.7. The molecule has 30 heavy (non-hydrogen) atoms. The van der Waals surface area contributed by atoms with E-state index in [0.717, 1.165) is 0 Å². The normalized spacial score (nSPS) is 12.0. The van der Waals surface area contributed by atoms with Crippen molar-refractivity contribution in [3.8, 4) is 6.07 Å². The van der Waals surface area contributed by atoms with E-state index >= 15 is 4.39 Å². The molecule has 0 radical (unpaired) electrons. The average molecular weight is 432 g/mol. The number of nitrogens with zero attached hydrogens (tertiary/aromatic N) is 1. The lowest BCUT2D eigenvalue weighted by Crippen LogP contribution is -2.35. The van der Waals surface area contributed by atoms with E-state index in [1.165, 1.54) is 30.3 Å². The number of rotatable bonds is 5. The number of halogens is 2. The van der Waals surface area contributed by atoms with Gasteiger partial charge in [-0.25, -0.2) is 9.18 Å². The van der Waals surface area contributed by atoms with Crippen molar-refractivity contribution in [2.75, 3.05) is 5.73 Å². The monoisotopic (exact) mass is 431 g/mol. The number of anilines is 1. The Morgan fingerprint density at radius 1 is 1.30 bits per heavy atom. The van der Waals surface area contributed by atoms with E-state index in [-0.39, 0.29) is 33.0 Å². The second kappa shape index (κ2) is 9.14. The van der Waals surface area contributed by atoms with E-state index in [2.05, 4.69) is 5.32 Å². The first-order chi connectivity index (χ1) is 14.0. The third-order valence-electron chi connectivity index (χ3n) is 4.26. The maximum Gasteiger partial charge on any atom is 0.408 e. The van der Waals surface area contributed by atoms with Gasteiger partial charge < -0.3 is 15.8 Å². The number of ketones is 1. The first-order valence-electron chi connectivity index (χ1n) is 9.30. The summed E-state index contributed by atoms with van der Waals surface area (Å²) in [6.07, 6.45) is -0.347. The van der Waals surface area contributed by atoms with E-state index < -0.39 is 29.3 Å². The fourth-order valence-corrected chi connectivity index (χ4v) is 3.07. The van der Waals surface area contributed by atoms with Gasteiger partial charge >= 0.3 is 6.09 Å². The van der Waals surface area contributed by atoms with Gasteiger partial charge in [0.25, 0.3) is 0 Å². The van der Waals surface area contributed by atoms with Crippen molar-refractivity contribution in [1.29, 1.82) is 5.26 Å². The predicted octanol–water partition coefficient (Wildman–Crippen LogP) is 5.14. The first kappa shape index (κ1) is 23.2. The van der Waals surface area contributed by atoms with E-state index in [9.17, 15) is 9.59 Å². The number of benzene rings is 2. The zero-order valence-electron chi connectivity index (χ0n) is 17.2. The number of carbonyl (C=O) groups excluding carboxylic acids is 2. The number of amides is 1. The molecule has 0 aliphatic carbocycles. The van der Waals surface area contributed by atoms with Crippen LogP contribution in [0.2, 0.25) is 5.02 Å². The van der Waals surface area contributed by atoms with Crippen LogP contribution in [0.3, 0.4) is 0 Å². The minimum atomic E-state index is -0.842. The minimum Gasteiger partial charge on any atom is -0.444 e. The van der Waals surface area contributed by atoms with Crippen molar-refractivity contribution in [3.05, 3.63) is 63.4 Å². The zero-order chi connectivity index (χ0) is 22.6. The summed E-state index contributed by atoms with van der Waals surface area (Å²) in [6.45, 7) is 6.91. The van der Waals surface area contributed by atoms with Crippen LogP contribution in [0.1, 0.15) is 67.2 Å². The Labute approximate surface area is 179 Å². The molecular formula is C22H23ClFN3O3. The topological polar surface area (TPSA) is 105 Å². The van der Waals surface area contributed by atoms with Gasteiger partial charge in [-0.2, -0.15) is 5.26 Å². The third kappa shape index (κ3) is 5.28. The Balaban J connectivity index is 2.44. The second-order valence-electron chi connectivity index (χ2n) is 7.68. The van der Waals surface area contributed by atoms with Gasteiger partial charge in [0.1, 0.15) is 17.5 Å². The molecule has 8 heteroatoms. The number of hydrogen-bond donors (Lipinski definition) is 2. The Morgan fingerprint density at radius 2 is 1.97 bits per heavy atom. The predicted molar refractivity (Wildman–Crippen MR) is 113 cm³/mol. The lowest BCUT2D eigenvalue weighted by Gasteiger charge is -2.24. The lowest BCUT2D eigenvalue weighted by atomic mass is 9.95. The second-order valence-corrected chi connectivity index (χ2v) is 8.08. The highest BCUT2D eigenvalue weighted by Crippen LogP contribution is 2.30. The van der Waals surface area contributed by atoms with Gasteiger partial charge in [-0.3, -0.25) is 4.79 Å². The zero-order valence-corrected chi connectivity index (χ0v) is 17.9. The van der Waals surface area contributed by atoms with Crippen LogP contribution < -0.4 is 11.1 Å². The Hall–Kier alpha value is -3.11. The number of nitrogens with two attached hydrogens (primary N) is 1. The molecule has 2 aromatic rings. The Morgan fingerprint density at radius 3 is 2.53 bits per heavy atom. The molecule has 0 fully saturated rings. The van der Waals surface area contributed by atoms with Gasteiger partial charge in [-0.15, -0.1) is 0 Å². The molecule has 2 rings (SSSR count). The number of alkyl carbamates (subject to hydrolysis) is 1. The van der Waals surface area contributed by atoms with Crippen LogP contribution in [-0.2, 0) is 4.74 Å². The Bertz CT molecular complexity index is 1030. The molecule has 0 unspecified atom stereocenters. The number of hydrogen-bond acceptors (Lipinski definition) is 5. The molecule has 0 bridgehead atoms. The maximum absolute atomic E-state index is 15.4. The maximum atomic E-state index is 15.4. The molecule has 0 aliphatic rings. The summed E-state index contributed by atoms with van der Waals surface area (Å²) < 4.78 is 20.6. The number of nitrogens with one attached hydrogen (secondary N) is 1. The van der Waals surface area contributed by atoms with Crippen LogP contribution in [0.4, 0.5) is 14.9 Å². The molecule has 0 spiro atoms. The van der Waals surface area contributed by atoms with Crippen molar-refractivity contribution in [1.82, 2.24) is 5.32 Å². The molecule has 2 aromatic carbocycles. The fraction of sp³-hybridized carbons (Fsp3) is 0.318. The average Bonchev–Trinajstić information content (AvgIpc) is 2.65. The minimum absolute atomic E-state index is 0.0758. The van der Waals surface area contributed by atoms with E-state index in [4.69, 9.17) is 27.3 Å². The molecule has 0 aliphatic heterocycles. The summed E-state index contributed by atoms with van der Waals surface area (Å²) in [5.41, 5.74) is 5.12. The van der Waals surface area contributed by atoms with Gasteiger partial charge in [0, 0.05) is 16.8 Å². The molecule has 0 aromatic heterocycles. The summed E-state index contributed by atoms with van der Waals surface area (Å²) in [5.74, 6) is -1.53. The van der Waals surface area contributed by atoms with Crippen molar-refractivity contribution in [2.45, 2.75) is 45.8 Å². The van der Waals surface area contributed by atoms with Crippen LogP contribution in [0.15, 0.2) is 30.3 Å². The third-order valence-corrected chi connectivity index (χ3v) is 4.57. The molecule has 0 saturated heterocycles. The molecule has 1 amide bonds. The number of carbonyl (C=O) groups is 2. The van der Waals surface area contributed by atoms with Crippen molar-refractivity contribution in [3.63, 3.8) is 0 Å². The molecule has 0 heterocycles. The van der Waals surface area contributed by atoms with Crippen LogP contribution in [-0.4, -0.2) is 17.5 Å². The summed E-state index contributed by atoms with van der Waals surface area (Å²) >= 11 is 6.13. The smallest absolute Gasteiger partial charge is 0.408 e. The van der Waals surface area contributed by atoms with Crippen molar-refractivity contribution < 1.29 is 18.7 Å². The molecule has 1 atom stereocenters. The summed E-state index contributed by atoms with van der Waals surface area (Å²) in [7, 11) is 0. The molecular weight excluding hydrogens is 409 g/mol. The van der Waals surface area contributed by atoms with Crippen molar-refractivity contribution in [2.24, 2.45) is 0 Å². The van der Waals surface area contributed by atoms with E-state index in [0.29, 0.717) is 6.42 Å². The van der Waals surface area contributed by atoms with Crippen LogP contribution >= 0.6 is 11.6 Å². The molecule has 158 valence electrons. The number of nitriles is 1. The fourth-order valence-electron chi connectivity index (χ4n) is 2.83. The standard InChI is InChI=1S/C22H23ClFN3O3/c1-5-17(27-21(29)30-22(2,3)4)14-7-8-15(23)18(19(14)24)20(28)12-6-9-16(26)13(10-12)11-25/h6-10,17H,5,26H2,1-4H3,(H,27,29)/t17-/m1/s1. The summed E-state index contributed by atoms with van der Waals surface area (Å²) in [4.78, 5) is 25.1. The highest BCUT2D eigenvalue weighted by Gasteiger charge is 2.26. The van der Waals surface area contributed by atoms with Crippen LogP contribution in [0.25, 0.3) is 0 Å². The molecule has 0 saturated carbocycles. The molecule has 6 nitrogen and oxygen atoms in total. The van der Waals surface area contributed by atoms with Gasteiger partial charge in [0.15, 0.2) is 5.78 Å². The van der Waals surface area contributed by atoms with Crippen LogP contribution in [0.5, 0.6) is 0 Å².